The van der Waals surface area contributed by atoms with Crippen LogP contribution in [0.4, 0.5) is 15.9 Å². The zero-order chi connectivity index (χ0) is 18.8. The summed E-state index contributed by atoms with van der Waals surface area (Å²) in [6.45, 7) is 7.08. The van der Waals surface area contributed by atoms with Crippen LogP contribution < -0.4 is 10.6 Å². The van der Waals surface area contributed by atoms with Gasteiger partial charge >= 0.3 is 0 Å². The Labute approximate surface area is 145 Å². The molecule has 7 heteroatoms. The van der Waals surface area contributed by atoms with Gasteiger partial charge in [-0.25, -0.2) is 4.39 Å². The SMILES string of the molecule is CC(=O)Nc1cc(C(=O)Nc2cc(C#N)cn2C(C)(C)C)ccc1F. The number of hydrogen-bond acceptors (Lipinski definition) is 3. The van der Waals surface area contributed by atoms with Crippen LogP contribution in [0.1, 0.15) is 43.6 Å². The predicted octanol–water partition coefficient (Wildman–Crippen LogP) is 3.46. The first-order chi connectivity index (χ1) is 11.6. The van der Waals surface area contributed by atoms with Crippen LogP contribution in [0.15, 0.2) is 30.5 Å². The first-order valence-electron chi connectivity index (χ1n) is 7.63. The highest BCUT2D eigenvalue weighted by Crippen LogP contribution is 2.25. The van der Waals surface area contributed by atoms with E-state index >= 15 is 0 Å². The van der Waals surface area contributed by atoms with Gasteiger partial charge in [0.25, 0.3) is 5.91 Å². The topological polar surface area (TPSA) is 86.9 Å². The molecule has 0 fully saturated rings. The lowest BCUT2D eigenvalue weighted by molar-refractivity contribution is -0.114. The van der Waals surface area contributed by atoms with Crippen molar-refractivity contribution in [2.75, 3.05) is 10.6 Å². The van der Waals surface area contributed by atoms with E-state index in [-0.39, 0.29) is 16.8 Å². The Morgan fingerprint density at radius 2 is 1.88 bits per heavy atom. The minimum atomic E-state index is -0.628. The van der Waals surface area contributed by atoms with Gasteiger partial charge < -0.3 is 15.2 Å². The average Bonchev–Trinajstić information content (AvgIpc) is 2.92. The average molecular weight is 342 g/mol. The molecule has 0 spiro atoms. The van der Waals surface area contributed by atoms with Gasteiger partial charge in [0.05, 0.1) is 11.3 Å². The number of nitriles is 1. The molecule has 0 unspecified atom stereocenters. The molecule has 0 saturated carbocycles. The van der Waals surface area contributed by atoms with Crippen molar-refractivity contribution in [2.45, 2.75) is 33.2 Å². The number of rotatable bonds is 3. The summed E-state index contributed by atoms with van der Waals surface area (Å²) < 4.78 is 15.5. The van der Waals surface area contributed by atoms with E-state index in [9.17, 15) is 14.0 Å². The fourth-order valence-corrected chi connectivity index (χ4v) is 2.32. The number of aromatic nitrogens is 1. The van der Waals surface area contributed by atoms with Gasteiger partial charge in [0.1, 0.15) is 17.7 Å². The molecular weight excluding hydrogens is 323 g/mol. The lowest BCUT2D eigenvalue weighted by Gasteiger charge is -2.24. The van der Waals surface area contributed by atoms with E-state index in [1.165, 1.54) is 19.1 Å². The minimum Gasteiger partial charge on any atom is -0.328 e. The molecule has 1 aromatic carbocycles. The second-order valence-electron chi connectivity index (χ2n) is 6.60. The van der Waals surface area contributed by atoms with Gasteiger partial charge in [0, 0.05) is 24.2 Å². The molecule has 0 radical (unpaired) electrons. The second kappa shape index (κ2) is 6.77. The zero-order valence-electron chi connectivity index (χ0n) is 14.5. The van der Waals surface area contributed by atoms with E-state index in [1.807, 2.05) is 26.8 Å². The summed E-state index contributed by atoms with van der Waals surface area (Å²) in [6.07, 6.45) is 1.66. The third-order valence-corrected chi connectivity index (χ3v) is 3.45. The Balaban J connectivity index is 2.33. The maximum absolute atomic E-state index is 13.7. The summed E-state index contributed by atoms with van der Waals surface area (Å²) in [7, 11) is 0. The molecule has 1 aromatic heterocycles. The van der Waals surface area contributed by atoms with Crippen molar-refractivity contribution in [1.82, 2.24) is 4.57 Å². The van der Waals surface area contributed by atoms with Crippen molar-refractivity contribution >= 4 is 23.3 Å². The Morgan fingerprint density at radius 1 is 1.20 bits per heavy atom. The van der Waals surface area contributed by atoms with Gasteiger partial charge in [-0.05, 0) is 45.0 Å². The molecule has 0 aliphatic heterocycles. The molecule has 0 bridgehead atoms. The van der Waals surface area contributed by atoms with Crippen LogP contribution in [-0.4, -0.2) is 16.4 Å². The second-order valence-corrected chi connectivity index (χ2v) is 6.60. The molecule has 0 aliphatic carbocycles. The molecule has 2 amide bonds. The fraction of sp³-hybridized carbons (Fsp3) is 0.278. The monoisotopic (exact) mass is 342 g/mol. The lowest BCUT2D eigenvalue weighted by atomic mass is 10.1. The van der Waals surface area contributed by atoms with Crippen molar-refractivity contribution in [2.24, 2.45) is 0 Å². The molecular formula is C18H19FN4O2. The number of nitrogens with zero attached hydrogens (tertiary/aromatic N) is 2. The third-order valence-electron chi connectivity index (χ3n) is 3.45. The summed E-state index contributed by atoms with van der Waals surface area (Å²) in [6, 6.07) is 7.32. The highest BCUT2D eigenvalue weighted by molar-refractivity contribution is 6.05. The van der Waals surface area contributed by atoms with Crippen molar-refractivity contribution in [1.29, 1.82) is 5.26 Å². The Bertz CT molecular complexity index is 872. The number of benzene rings is 1. The van der Waals surface area contributed by atoms with Crippen molar-refractivity contribution in [3.05, 3.63) is 47.4 Å². The number of carbonyl (C=O) groups is 2. The normalized spacial score (nSPS) is 10.9. The third kappa shape index (κ3) is 4.23. The lowest BCUT2D eigenvalue weighted by Crippen LogP contribution is -2.25. The summed E-state index contributed by atoms with van der Waals surface area (Å²) >= 11 is 0. The molecule has 25 heavy (non-hydrogen) atoms. The predicted molar refractivity (Wildman–Crippen MR) is 92.8 cm³/mol. The van der Waals surface area contributed by atoms with Gasteiger partial charge in [-0.3, -0.25) is 9.59 Å². The molecule has 0 aliphatic rings. The van der Waals surface area contributed by atoms with Gasteiger partial charge in [0.2, 0.25) is 5.91 Å². The molecule has 6 nitrogen and oxygen atoms in total. The Kier molecular flexibility index (Phi) is 4.93. The first kappa shape index (κ1) is 18.2. The van der Waals surface area contributed by atoms with Gasteiger partial charge in [-0.1, -0.05) is 0 Å². The van der Waals surface area contributed by atoms with Gasteiger partial charge in [-0.15, -0.1) is 0 Å². The molecule has 0 saturated heterocycles. The zero-order valence-corrected chi connectivity index (χ0v) is 14.5. The number of halogens is 1. The number of anilines is 2. The van der Waals surface area contributed by atoms with Crippen molar-refractivity contribution in [3.63, 3.8) is 0 Å². The fourth-order valence-electron chi connectivity index (χ4n) is 2.32. The van der Waals surface area contributed by atoms with Crippen LogP contribution in [0.2, 0.25) is 0 Å². The quantitative estimate of drug-likeness (QED) is 0.895. The minimum absolute atomic E-state index is 0.0657. The van der Waals surface area contributed by atoms with Gasteiger partial charge in [-0.2, -0.15) is 5.26 Å². The summed E-state index contributed by atoms with van der Waals surface area (Å²) in [4.78, 5) is 23.6. The maximum atomic E-state index is 13.7. The van der Waals surface area contributed by atoms with Crippen LogP contribution in [0.3, 0.4) is 0 Å². The smallest absolute Gasteiger partial charge is 0.256 e. The van der Waals surface area contributed by atoms with E-state index < -0.39 is 17.6 Å². The number of hydrogen-bond donors (Lipinski definition) is 2. The standard InChI is InChI=1S/C18H19FN4O2/c1-11(24)21-15-8-13(5-6-14(15)19)17(25)22-16-7-12(9-20)10-23(16)18(2,3)4/h5-8,10H,1-4H3,(H,21,24)(H,22,25). The maximum Gasteiger partial charge on any atom is 0.256 e. The van der Waals surface area contributed by atoms with E-state index in [1.54, 1.807) is 16.8 Å². The van der Waals surface area contributed by atoms with E-state index in [4.69, 9.17) is 5.26 Å². The van der Waals surface area contributed by atoms with Crippen LogP contribution >= 0.6 is 0 Å². The summed E-state index contributed by atoms with van der Waals surface area (Å²) in [5.74, 6) is -1.08. The van der Waals surface area contributed by atoms with Gasteiger partial charge in [0.15, 0.2) is 0 Å². The molecule has 2 rings (SSSR count). The van der Waals surface area contributed by atoms with Crippen LogP contribution in [-0.2, 0) is 10.3 Å². The van der Waals surface area contributed by atoms with E-state index in [2.05, 4.69) is 10.6 Å². The Morgan fingerprint density at radius 3 is 2.44 bits per heavy atom. The van der Waals surface area contributed by atoms with Crippen molar-refractivity contribution < 1.29 is 14.0 Å². The summed E-state index contributed by atoms with van der Waals surface area (Å²) in [5.41, 5.74) is 0.194. The highest BCUT2D eigenvalue weighted by Gasteiger charge is 2.20. The molecule has 2 aromatic rings. The van der Waals surface area contributed by atoms with Crippen molar-refractivity contribution in [3.8, 4) is 6.07 Å². The molecule has 0 atom stereocenters. The molecule has 130 valence electrons. The largest absolute Gasteiger partial charge is 0.328 e. The Hall–Kier alpha value is -3.14. The van der Waals surface area contributed by atoms with Crippen LogP contribution in [0.25, 0.3) is 0 Å². The van der Waals surface area contributed by atoms with Crippen LogP contribution in [0, 0.1) is 17.1 Å². The summed E-state index contributed by atoms with van der Waals surface area (Å²) in [5, 5.41) is 14.1. The number of nitrogens with one attached hydrogen (secondary N) is 2. The van der Waals surface area contributed by atoms with E-state index in [0.717, 1.165) is 6.07 Å². The number of carbonyl (C=O) groups excluding carboxylic acids is 2. The van der Waals surface area contributed by atoms with E-state index in [0.29, 0.717) is 11.4 Å². The van der Waals surface area contributed by atoms with Crippen LogP contribution in [0.5, 0.6) is 0 Å². The highest BCUT2D eigenvalue weighted by atomic mass is 19.1. The molecule has 1 heterocycles. The molecule has 2 N–H and O–H groups in total. The number of amides is 2. The first-order valence-corrected chi connectivity index (χ1v) is 7.63.